The fourth-order valence-corrected chi connectivity index (χ4v) is 11.5. The van der Waals surface area contributed by atoms with Crippen LogP contribution in [0, 0.1) is 5.92 Å². The second-order valence-corrected chi connectivity index (χ2v) is 24.1. The average molecular weight is 914 g/mol. The van der Waals surface area contributed by atoms with Crippen LogP contribution < -0.4 is 24.8 Å². The minimum atomic E-state index is -4.05. The number of hydrogen-bond acceptors (Lipinski definition) is 12. The number of benzene rings is 1. The van der Waals surface area contributed by atoms with Crippen LogP contribution in [0.15, 0.2) is 30.4 Å². The van der Waals surface area contributed by atoms with Gasteiger partial charge in [0.05, 0.1) is 35.4 Å². The van der Waals surface area contributed by atoms with Crippen molar-refractivity contribution in [3.63, 3.8) is 0 Å². The third-order valence-corrected chi connectivity index (χ3v) is 16.9. The van der Waals surface area contributed by atoms with Crippen LogP contribution in [0.1, 0.15) is 129 Å². The van der Waals surface area contributed by atoms with Crippen LogP contribution in [0.3, 0.4) is 0 Å². The maximum atomic E-state index is 15.1. The molecule has 2 aromatic rings. The Morgan fingerprint density at radius 1 is 1.06 bits per heavy atom. The molecule has 4 heterocycles. The highest BCUT2D eigenvalue weighted by Crippen LogP contribution is 2.48. The van der Waals surface area contributed by atoms with Crippen molar-refractivity contribution in [2.45, 2.75) is 158 Å². The topological polar surface area (TPSA) is 216 Å². The summed E-state index contributed by atoms with van der Waals surface area (Å²) in [5.41, 5.74) is -1.39. The van der Waals surface area contributed by atoms with E-state index in [1.807, 2.05) is 44.2 Å². The number of nitrogens with one attached hydrogen (secondary N) is 3. The molecule has 16 nitrogen and oxygen atoms in total. The number of aryl methyl sites for hydroxylation is 1. The van der Waals surface area contributed by atoms with Crippen molar-refractivity contribution in [3.05, 3.63) is 41.6 Å². The summed E-state index contributed by atoms with van der Waals surface area (Å²) >= 11 is 0. The van der Waals surface area contributed by atoms with Crippen LogP contribution in [0.4, 0.5) is 4.79 Å². The van der Waals surface area contributed by atoms with E-state index in [0.717, 1.165) is 34.8 Å². The van der Waals surface area contributed by atoms with Gasteiger partial charge in [0, 0.05) is 36.0 Å². The number of alkyl carbamates (subject to hydrolysis) is 1. The zero-order valence-corrected chi connectivity index (χ0v) is 39.1. The average Bonchev–Trinajstić information content (AvgIpc) is 3.87. The zero-order valence-electron chi connectivity index (χ0n) is 37.5. The first-order valence-electron chi connectivity index (χ1n) is 22.2. The first kappa shape index (κ1) is 46.5. The van der Waals surface area contributed by atoms with Crippen molar-refractivity contribution in [3.8, 4) is 11.5 Å². The molecule has 5 unspecified atom stereocenters. The number of carbonyl (C=O) groups is 4. The number of ether oxygens (including phenoxy) is 3. The summed E-state index contributed by atoms with van der Waals surface area (Å²) in [7, 11) is -5.80. The van der Waals surface area contributed by atoms with Crippen molar-refractivity contribution >= 4 is 54.6 Å². The summed E-state index contributed by atoms with van der Waals surface area (Å²) < 4.78 is 70.3. The molecule has 1 saturated heterocycles. The highest BCUT2D eigenvalue weighted by molar-refractivity contribution is 7.91. The van der Waals surface area contributed by atoms with E-state index in [4.69, 9.17) is 19.2 Å². The van der Waals surface area contributed by atoms with Gasteiger partial charge < -0.3 is 29.7 Å². The molecule has 2 aliphatic carbocycles. The molecule has 3 N–H and O–H groups in total. The number of sulfone groups is 1. The monoisotopic (exact) mass is 913 g/mol. The predicted octanol–water partition coefficient (Wildman–Crippen LogP) is 5.12. The lowest BCUT2D eigenvalue weighted by Gasteiger charge is -2.48. The van der Waals surface area contributed by atoms with Gasteiger partial charge in [-0.25, -0.2) is 26.6 Å². The molecule has 0 bridgehead atoms. The molecular weight excluding hydrogens is 851 g/mol. The molecule has 5 atom stereocenters. The van der Waals surface area contributed by atoms with E-state index >= 15 is 9.59 Å². The molecule has 18 heteroatoms. The first-order chi connectivity index (χ1) is 29.5. The molecule has 1 aromatic heterocycles. The molecule has 2 saturated carbocycles. The maximum Gasteiger partial charge on any atom is 0.408 e. The van der Waals surface area contributed by atoms with Gasteiger partial charge in [-0.3, -0.25) is 19.1 Å². The highest BCUT2D eigenvalue weighted by atomic mass is 32.2. The number of allylic oxidation sites excluding steroid dienone is 1. The number of amides is 4. The second-order valence-electron chi connectivity index (χ2n) is 19.6. The summed E-state index contributed by atoms with van der Waals surface area (Å²) in [6, 6.07) is 3.39. The Kier molecular flexibility index (Phi) is 12.7. The van der Waals surface area contributed by atoms with Gasteiger partial charge in [-0.05, 0) is 103 Å². The molecule has 5 aliphatic rings. The minimum absolute atomic E-state index is 0.0284. The molecule has 1 aromatic carbocycles. The Labute approximate surface area is 371 Å². The lowest BCUT2D eigenvalue weighted by atomic mass is 9.65. The van der Waals surface area contributed by atoms with E-state index in [0.29, 0.717) is 62.9 Å². The summed E-state index contributed by atoms with van der Waals surface area (Å²) in [4.78, 5) is 64.4. The van der Waals surface area contributed by atoms with Crippen molar-refractivity contribution < 1.29 is 50.2 Å². The smallest absolute Gasteiger partial charge is 0.408 e. The number of aromatic nitrogens is 1. The van der Waals surface area contributed by atoms with Crippen LogP contribution in [-0.2, 0) is 45.4 Å². The summed E-state index contributed by atoms with van der Waals surface area (Å²) in [5, 5.41) is 6.64. The number of nitrogens with zero attached hydrogens (tertiary/aromatic N) is 2. The van der Waals surface area contributed by atoms with Gasteiger partial charge in [0.15, 0.2) is 0 Å². The number of rotatable bonds is 10. The van der Waals surface area contributed by atoms with Gasteiger partial charge >= 0.3 is 6.09 Å². The molecule has 4 amide bonds. The quantitative estimate of drug-likeness (QED) is 0.265. The molecular formula is C45H63N5O11S2. The number of fused-ring (bicyclic) bond motifs is 5. The molecule has 1 spiro atoms. The Morgan fingerprint density at radius 3 is 2.46 bits per heavy atom. The predicted molar refractivity (Wildman–Crippen MR) is 237 cm³/mol. The molecule has 7 rings (SSSR count). The van der Waals surface area contributed by atoms with Crippen LogP contribution in [-0.4, -0.2) is 110 Å². The number of pyridine rings is 1. The lowest BCUT2D eigenvalue weighted by Crippen LogP contribution is -2.70. The Balaban J connectivity index is 1.25. The van der Waals surface area contributed by atoms with Gasteiger partial charge in [0.25, 0.3) is 5.91 Å². The second kappa shape index (κ2) is 17.2. The number of hydrogen-bond donors (Lipinski definition) is 3. The number of methoxy groups -OCH3 is 1. The van der Waals surface area contributed by atoms with E-state index in [2.05, 4.69) is 15.4 Å². The fourth-order valence-electron chi connectivity index (χ4n) is 9.33. The fraction of sp³-hybridized carbons (Fsp3) is 0.667. The number of carbonyl (C=O) groups excluding carboxylic acids is 4. The third-order valence-electron chi connectivity index (χ3n) is 13.8. The van der Waals surface area contributed by atoms with E-state index < -0.39 is 83.2 Å². The van der Waals surface area contributed by atoms with Crippen LogP contribution in [0.5, 0.6) is 11.5 Å². The Bertz CT molecular complexity index is 2420. The summed E-state index contributed by atoms with van der Waals surface area (Å²) in [6.07, 6.45) is 9.49. The molecule has 63 heavy (non-hydrogen) atoms. The SMILES string of the molecule is COc1ccc2nc(C(C)C)c3c(c2c1)CCC1(CC2C(=O)NC4(C(=O)NS(=O)(=O)C5(C)CC5)CCC4C=CCCCCCC(NC(=O)OC(C)(C)CCS(C)(=O)=O)C(=O)N2C1)O3. The van der Waals surface area contributed by atoms with Crippen LogP contribution in [0.25, 0.3) is 10.9 Å². The Hall–Kier alpha value is -4.45. The van der Waals surface area contributed by atoms with E-state index in [1.165, 1.54) is 4.90 Å². The highest BCUT2D eigenvalue weighted by Gasteiger charge is 2.60. The first-order valence-corrected chi connectivity index (χ1v) is 25.8. The van der Waals surface area contributed by atoms with E-state index in [1.54, 1.807) is 27.9 Å². The standard InChI is InChI=1S/C45H63N5O11S2/c1-28(2)36-37-31(32-25-30(59-6)15-16-33(32)46-36)18-19-44(60-37)26-35-38(51)48-45(40(53)49-63(57,58)43(5)21-22-43)20-17-29(45)13-11-9-8-10-12-14-34(39(52)50(35)27-44)47-41(54)61-42(3,4)23-24-62(7,55)56/h11,13,15-16,25,28-29,34-35H,8-10,12,14,17-24,26-27H2,1-7H3,(H,47,54)(H,48,51)(H,49,53). The minimum Gasteiger partial charge on any atom is -0.497 e. The van der Waals surface area contributed by atoms with Crippen LogP contribution >= 0.6 is 0 Å². The summed E-state index contributed by atoms with van der Waals surface area (Å²) in [6.45, 7) is 8.80. The molecule has 0 radical (unpaired) electrons. The van der Waals surface area contributed by atoms with Gasteiger partial charge in [-0.2, -0.15) is 0 Å². The van der Waals surface area contributed by atoms with Crippen molar-refractivity contribution in [2.75, 3.05) is 25.7 Å². The van der Waals surface area contributed by atoms with Gasteiger partial charge in [-0.15, -0.1) is 0 Å². The molecule has 3 aliphatic heterocycles. The normalized spacial score (nSPS) is 27.4. The van der Waals surface area contributed by atoms with Crippen molar-refractivity contribution in [1.82, 2.24) is 25.2 Å². The third kappa shape index (κ3) is 9.67. The van der Waals surface area contributed by atoms with Gasteiger partial charge in [-0.1, -0.05) is 38.8 Å². The zero-order chi connectivity index (χ0) is 45.8. The maximum absolute atomic E-state index is 15.1. The van der Waals surface area contributed by atoms with E-state index in [9.17, 15) is 26.4 Å². The Morgan fingerprint density at radius 2 is 1.81 bits per heavy atom. The number of sulfonamides is 1. The van der Waals surface area contributed by atoms with Crippen molar-refractivity contribution in [2.24, 2.45) is 5.92 Å². The van der Waals surface area contributed by atoms with Gasteiger partial charge in [0.2, 0.25) is 21.8 Å². The summed E-state index contributed by atoms with van der Waals surface area (Å²) in [5.74, 6) is -1.49. The van der Waals surface area contributed by atoms with Crippen molar-refractivity contribution in [1.29, 1.82) is 0 Å². The van der Waals surface area contributed by atoms with Gasteiger partial charge in [0.1, 0.15) is 50.2 Å². The van der Waals surface area contributed by atoms with E-state index in [-0.39, 0.29) is 43.9 Å². The largest absolute Gasteiger partial charge is 0.497 e. The molecule has 346 valence electrons. The molecule has 3 fully saturated rings. The van der Waals surface area contributed by atoms with Crippen LogP contribution in [0.2, 0.25) is 0 Å². The lowest BCUT2D eigenvalue weighted by molar-refractivity contribution is -0.144.